The molecule has 0 fully saturated rings. The Labute approximate surface area is 155 Å². The van der Waals surface area contributed by atoms with Crippen molar-refractivity contribution in [2.45, 2.75) is 13.3 Å². The van der Waals surface area contributed by atoms with Crippen molar-refractivity contribution >= 4 is 11.6 Å². The van der Waals surface area contributed by atoms with Gasteiger partial charge in [-0.25, -0.2) is 8.78 Å². The maximum atomic E-state index is 13.7. The third-order valence-corrected chi connectivity index (χ3v) is 4.68. The van der Waals surface area contributed by atoms with Gasteiger partial charge in [0, 0.05) is 12.1 Å². The topological polar surface area (TPSA) is 38.3 Å². The number of ether oxygens (including phenoxy) is 1. The summed E-state index contributed by atoms with van der Waals surface area (Å²) in [7, 11) is 0. The number of fused-ring (bicyclic) bond motifs is 1. The number of anilines is 1. The summed E-state index contributed by atoms with van der Waals surface area (Å²) in [5.41, 5.74) is 4.25. The molecule has 0 bridgehead atoms. The molecule has 3 aromatic carbocycles. The van der Waals surface area contributed by atoms with E-state index in [4.69, 9.17) is 4.74 Å². The number of benzene rings is 3. The molecule has 0 aliphatic carbocycles. The molecule has 0 saturated heterocycles. The van der Waals surface area contributed by atoms with E-state index in [-0.39, 0.29) is 0 Å². The number of aryl methyl sites for hydroxylation is 1. The Morgan fingerprint density at radius 3 is 2.44 bits per heavy atom. The molecule has 0 spiro atoms. The molecule has 3 nitrogen and oxygen atoms in total. The molecule has 4 rings (SSSR count). The molecule has 3 aromatic rings. The molecular weight excluding hydrogens is 348 g/mol. The predicted octanol–water partition coefficient (Wildman–Crippen LogP) is 5.13. The zero-order valence-corrected chi connectivity index (χ0v) is 14.7. The highest BCUT2D eigenvalue weighted by molar-refractivity contribution is 6.04. The molecule has 5 heteroatoms. The summed E-state index contributed by atoms with van der Waals surface area (Å²) in [6, 6.07) is 14.7. The van der Waals surface area contributed by atoms with E-state index >= 15 is 0 Å². The molecule has 0 unspecified atom stereocenters. The summed E-state index contributed by atoms with van der Waals surface area (Å²) in [6.45, 7) is 2.73. The Kier molecular flexibility index (Phi) is 4.36. The second-order valence-electron chi connectivity index (χ2n) is 6.50. The van der Waals surface area contributed by atoms with Crippen molar-refractivity contribution in [3.63, 3.8) is 0 Å². The first kappa shape index (κ1) is 17.2. The maximum Gasteiger partial charge on any atom is 0.261 e. The Morgan fingerprint density at radius 2 is 1.74 bits per heavy atom. The molecule has 1 heterocycles. The largest absolute Gasteiger partial charge is 0.493 e. The highest BCUT2D eigenvalue weighted by atomic mass is 19.1. The number of hydrogen-bond acceptors (Lipinski definition) is 2. The summed E-state index contributed by atoms with van der Waals surface area (Å²) in [5.74, 6) is -1.66. The average Bonchev–Trinajstić information content (AvgIpc) is 3.09. The van der Waals surface area contributed by atoms with Crippen LogP contribution in [-0.2, 0) is 6.42 Å². The summed E-state index contributed by atoms with van der Waals surface area (Å²) >= 11 is 0. The van der Waals surface area contributed by atoms with Gasteiger partial charge < -0.3 is 10.1 Å². The van der Waals surface area contributed by atoms with Crippen LogP contribution in [-0.4, -0.2) is 12.5 Å². The molecule has 27 heavy (non-hydrogen) atoms. The van der Waals surface area contributed by atoms with Crippen LogP contribution < -0.4 is 10.1 Å². The van der Waals surface area contributed by atoms with Crippen LogP contribution in [0.1, 0.15) is 21.5 Å². The maximum absolute atomic E-state index is 13.7. The van der Waals surface area contributed by atoms with Gasteiger partial charge in [-0.3, -0.25) is 4.79 Å². The van der Waals surface area contributed by atoms with Crippen molar-refractivity contribution in [3.8, 4) is 16.9 Å². The summed E-state index contributed by atoms with van der Waals surface area (Å²) < 4.78 is 33.0. The van der Waals surface area contributed by atoms with Crippen LogP contribution in [0.3, 0.4) is 0 Å². The van der Waals surface area contributed by atoms with E-state index in [1.54, 1.807) is 12.1 Å². The van der Waals surface area contributed by atoms with Crippen molar-refractivity contribution < 1.29 is 18.3 Å². The highest BCUT2D eigenvalue weighted by Crippen LogP contribution is 2.34. The summed E-state index contributed by atoms with van der Waals surface area (Å²) in [4.78, 5) is 12.2. The van der Waals surface area contributed by atoms with Crippen LogP contribution in [0.2, 0.25) is 0 Å². The number of carbonyl (C=O) groups excluding carboxylic acids is 1. The van der Waals surface area contributed by atoms with Crippen LogP contribution in [0.15, 0.2) is 54.6 Å². The molecule has 0 aromatic heterocycles. The van der Waals surface area contributed by atoms with Gasteiger partial charge in [-0.05, 0) is 65.6 Å². The molecule has 1 amide bonds. The number of halogens is 2. The molecule has 1 aliphatic rings. The third-order valence-electron chi connectivity index (χ3n) is 4.68. The molecular formula is C22H17F2NO2. The fourth-order valence-electron chi connectivity index (χ4n) is 3.28. The minimum Gasteiger partial charge on any atom is -0.493 e. The van der Waals surface area contributed by atoms with Crippen molar-refractivity contribution in [2.75, 3.05) is 11.9 Å². The Balaban J connectivity index is 1.57. The number of carbonyl (C=O) groups is 1. The van der Waals surface area contributed by atoms with E-state index in [9.17, 15) is 13.6 Å². The third kappa shape index (κ3) is 3.28. The van der Waals surface area contributed by atoms with Crippen LogP contribution in [0.4, 0.5) is 14.5 Å². The number of rotatable bonds is 3. The minimum absolute atomic E-state index is 0.466. The normalized spacial score (nSPS) is 12.4. The molecule has 0 saturated carbocycles. The lowest BCUT2D eigenvalue weighted by atomic mass is 9.97. The molecule has 0 atom stereocenters. The van der Waals surface area contributed by atoms with E-state index in [2.05, 4.69) is 11.4 Å². The van der Waals surface area contributed by atoms with E-state index in [1.807, 2.05) is 25.1 Å². The second-order valence-corrected chi connectivity index (χ2v) is 6.50. The Hall–Kier alpha value is -3.21. The molecule has 1 aliphatic heterocycles. The first-order valence-corrected chi connectivity index (χ1v) is 8.65. The standard InChI is InChI=1S/C22H17F2NO2/c1-13-11-20-15(9-10-27-20)12-17(13)14-5-7-16(8-6-14)25-22(26)21-18(23)3-2-4-19(21)24/h2-8,11-12H,9-10H2,1H3,(H,25,26). The van der Waals surface area contributed by atoms with Crippen LogP contribution >= 0.6 is 0 Å². The van der Waals surface area contributed by atoms with Crippen molar-refractivity contribution in [1.82, 2.24) is 0 Å². The van der Waals surface area contributed by atoms with Crippen molar-refractivity contribution in [2.24, 2.45) is 0 Å². The zero-order chi connectivity index (χ0) is 19.0. The summed E-state index contributed by atoms with van der Waals surface area (Å²) in [5, 5.41) is 2.54. The number of hydrogen-bond donors (Lipinski definition) is 1. The van der Waals surface area contributed by atoms with Gasteiger partial charge in [0.1, 0.15) is 22.9 Å². The first-order chi connectivity index (χ1) is 13.0. The average molecular weight is 365 g/mol. The van der Waals surface area contributed by atoms with Crippen LogP contribution in [0.5, 0.6) is 5.75 Å². The zero-order valence-electron chi connectivity index (χ0n) is 14.7. The number of nitrogens with one attached hydrogen (secondary N) is 1. The van der Waals surface area contributed by atoms with E-state index in [0.29, 0.717) is 12.3 Å². The lowest BCUT2D eigenvalue weighted by molar-refractivity contribution is 0.101. The van der Waals surface area contributed by atoms with Gasteiger partial charge in [-0.15, -0.1) is 0 Å². The van der Waals surface area contributed by atoms with Crippen molar-refractivity contribution in [1.29, 1.82) is 0 Å². The smallest absolute Gasteiger partial charge is 0.261 e. The van der Waals surface area contributed by atoms with E-state index in [0.717, 1.165) is 41.0 Å². The highest BCUT2D eigenvalue weighted by Gasteiger charge is 2.18. The first-order valence-electron chi connectivity index (χ1n) is 8.65. The van der Waals surface area contributed by atoms with E-state index < -0.39 is 23.1 Å². The summed E-state index contributed by atoms with van der Waals surface area (Å²) in [6.07, 6.45) is 0.894. The van der Waals surface area contributed by atoms with Gasteiger partial charge in [0.2, 0.25) is 0 Å². The fourth-order valence-corrected chi connectivity index (χ4v) is 3.28. The minimum atomic E-state index is -0.889. The monoisotopic (exact) mass is 365 g/mol. The predicted molar refractivity (Wildman–Crippen MR) is 100 cm³/mol. The van der Waals surface area contributed by atoms with Crippen molar-refractivity contribution in [3.05, 3.63) is 82.9 Å². The van der Waals surface area contributed by atoms with Gasteiger partial charge in [-0.1, -0.05) is 18.2 Å². The lowest BCUT2D eigenvalue weighted by Crippen LogP contribution is -2.15. The van der Waals surface area contributed by atoms with E-state index in [1.165, 1.54) is 11.6 Å². The Morgan fingerprint density at radius 1 is 1.04 bits per heavy atom. The fraction of sp³-hybridized carbons (Fsp3) is 0.136. The SMILES string of the molecule is Cc1cc2c(cc1-c1ccc(NC(=O)c3c(F)cccc3F)cc1)CCO2. The lowest BCUT2D eigenvalue weighted by Gasteiger charge is -2.11. The van der Waals surface area contributed by atoms with Gasteiger partial charge in [0.25, 0.3) is 5.91 Å². The van der Waals surface area contributed by atoms with Crippen LogP contribution in [0, 0.1) is 18.6 Å². The van der Waals surface area contributed by atoms with Gasteiger partial charge in [-0.2, -0.15) is 0 Å². The van der Waals surface area contributed by atoms with Gasteiger partial charge in [0.05, 0.1) is 6.61 Å². The second kappa shape index (κ2) is 6.83. The van der Waals surface area contributed by atoms with Gasteiger partial charge >= 0.3 is 0 Å². The quantitative estimate of drug-likeness (QED) is 0.699. The molecule has 136 valence electrons. The number of amides is 1. The van der Waals surface area contributed by atoms with Gasteiger partial charge in [0.15, 0.2) is 0 Å². The Bertz CT molecular complexity index is 1010. The van der Waals surface area contributed by atoms with Crippen LogP contribution in [0.25, 0.3) is 11.1 Å². The molecule has 0 radical (unpaired) electrons. The molecule has 1 N–H and O–H groups in total.